The Morgan fingerprint density at radius 2 is 0.938 bits per heavy atom. The van der Waals surface area contributed by atoms with Gasteiger partial charge >= 0.3 is 0 Å². The van der Waals surface area contributed by atoms with Gasteiger partial charge in [0, 0.05) is 21.5 Å². The molecule has 0 atom stereocenters. The molecule has 0 saturated carbocycles. The number of rotatable bonds is 6. The summed E-state index contributed by atoms with van der Waals surface area (Å²) in [6.45, 7) is 4.47. The van der Waals surface area contributed by atoms with Crippen molar-refractivity contribution in [1.82, 2.24) is 0 Å². The van der Waals surface area contributed by atoms with E-state index in [1.165, 1.54) is 69.1 Å². The molecule has 0 N–H and O–H groups in total. The minimum absolute atomic E-state index is 0.953. The van der Waals surface area contributed by atoms with Gasteiger partial charge in [0.25, 0.3) is 0 Å². The van der Waals surface area contributed by atoms with Gasteiger partial charge in [-0.1, -0.05) is 51.0 Å². The van der Waals surface area contributed by atoms with Gasteiger partial charge in [-0.3, -0.25) is 0 Å². The zero-order chi connectivity index (χ0) is 21.7. The van der Waals surface area contributed by atoms with Crippen molar-refractivity contribution in [2.45, 2.75) is 52.4 Å². The van der Waals surface area contributed by atoms with Crippen LogP contribution in [0.5, 0.6) is 0 Å². The second-order valence-electron chi connectivity index (χ2n) is 9.04. The molecule has 2 heteroatoms. The smallest absolute Gasteiger partial charge is 0.136 e. The van der Waals surface area contributed by atoms with Crippen LogP contribution >= 0.6 is 0 Å². The third kappa shape index (κ3) is 3.01. The average Bonchev–Trinajstić information content (AvgIpc) is 3.38. The van der Waals surface area contributed by atoms with Gasteiger partial charge in [0.05, 0.1) is 0 Å². The molecule has 2 heterocycles. The fraction of sp³-hybridized carbons (Fsp3) is 0.267. The SMILES string of the molecule is CCCCc1ccc2c(c1)oc1ccc3c(ccc4oc5cc(CCCC)ccc5c43)c12. The molecule has 0 spiro atoms. The van der Waals surface area contributed by atoms with Crippen molar-refractivity contribution in [3.05, 3.63) is 71.8 Å². The molecular formula is C30H28O2. The van der Waals surface area contributed by atoms with Gasteiger partial charge in [-0.15, -0.1) is 0 Å². The van der Waals surface area contributed by atoms with Crippen molar-refractivity contribution < 1.29 is 8.83 Å². The molecule has 32 heavy (non-hydrogen) atoms. The van der Waals surface area contributed by atoms with Crippen LogP contribution in [0, 0.1) is 0 Å². The lowest BCUT2D eigenvalue weighted by Gasteiger charge is -2.03. The van der Waals surface area contributed by atoms with Gasteiger partial charge in [-0.2, -0.15) is 0 Å². The molecule has 0 amide bonds. The van der Waals surface area contributed by atoms with E-state index >= 15 is 0 Å². The van der Waals surface area contributed by atoms with Crippen LogP contribution in [0.1, 0.15) is 50.7 Å². The van der Waals surface area contributed by atoms with Crippen LogP contribution in [0.15, 0.2) is 69.5 Å². The molecule has 0 aliphatic carbocycles. The maximum atomic E-state index is 6.29. The van der Waals surface area contributed by atoms with Crippen LogP contribution < -0.4 is 0 Å². The van der Waals surface area contributed by atoms with Crippen molar-refractivity contribution in [2.75, 3.05) is 0 Å². The fourth-order valence-electron chi connectivity index (χ4n) is 5.12. The standard InChI is InChI=1S/C30H28O2/c1-3-5-7-19-9-11-23-27(17-19)31-25-15-13-22-21(29(23)25)14-16-26-30(22)24-12-10-20(8-6-4-2)18-28(24)32-26/h9-18H,3-8H2,1-2H3. The Morgan fingerprint density at radius 1 is 0.500 bits per heavy atom. The minimum Gasteiger partial charge on any atom is -0.456 e. The second-order valence-corrected chi connectivity index (χ2v) is 9.04. The first kappa shape index (κ1) is 19.4. The molecule has 2 nitrogen and oxygen atoms in total. The molecular weight excluding hydrogens is 392 g/mol. The van der Waals surface area contributed by atoms with Gasteiger partial charge in [0.2, 0.25) is 0 Å². The molecule has 6 rings (SSSR count). The summed E-state index contributed by atoms with van der Waals surface area (Å²) < 4.78 is 12.6. The topological polar surface area (TPSA) is 26.3 Å². The molecule has 0 fully saturated rings. The van der Waals surface area contributed by atoms with Gasteiger partial charge in [0.15, 0.2) is 0 Å². The molecule has 6 aromatic rings. The van der Waals surface area contributed by atoms with Gasteiger partial charge in [-0.05, 0) is 84.0 Å². The zero-order valence-electron chi connectivity index (χ0n) is 18.8. The first-order chi connectivity index (χ1) is 15.8. The Morgan fingerprint density at radius 3 is 1.38 bits per heavy atom. The Kier molecular flexibility index (Phi) is 4.68. The summed E-state index contributed by atoms with van der Waals surface area (Å²) >= 11 is 0. The van der Waals surface area contributed by atoms with E-state index in [1.54, 1.807) is 0 Å². The quantitative estimate of drug-likeness (QED) is 0.268. The van der Waals surface area contributed by atoms with E-state index in [4.69, 9.17) is 8.83 Å². The van der Waals surface area contributed by atoms with Crippen molar-refractivity contribution in [3.63, 3.8) is 0 Å². The molecule has 160 valence electrons. The second kappa shape index (κ2) is 7.70. The maximum Gasteiger partial charge on any atom is 0.136 e. The average molecular weight is 421 g/mol. The predicted molar refractivity (Wildman–Crippen MR) is 136 cm³/mol. The molecule has 4 aromatic carbocycles. The number of fused-ring (bicyclic) bond motifs is 9. The van der Waals surface area contributed by atoms with Crippen molar-refractivity contribution in [3.8, 4) is 0 Å². The number of unbranched alkanes of at least 4 members (excludes halogenated alkanes) is 2. The largest absolute Gasteiger partial charge is 0.456 e. The first-order valence-corrected chi connectivity index (χ1v) is 12.0. The maximum absolute atomic E-state index is 6.29. The number of aryl methyl sites for hydroxylation is 2. The lowest BCUT2D eigenvalue weighted by molar-refractivity contribution is 0.667. The van der Waals surface area contributed by atoms with Crippen LogP contribution in [0.4, 0.5) is 0 Å². The summed E-state index contributed by atoms with van der Waals surface area (Å²) in [6, 6.07) is 22.1. The predicted octanol–water partition coefficient (Wildman–Crippen LogP) is 9.32. The summed E-state index contributed by atoms with van der Waals surface area (Å²) in [5, 5.41) is 7.26. The first-order valence-electron chi connectivity index (χ1n) is 12.0. The monoisotopic (exact) mass is 420 g/mol. The Hall–Kier alpha value is -3.26. The normalized spacial score (nSPS) is 12.2. The summed E-state index contributed by atoms with van der Waals surface area (Å²) in [7, 11) is 0. The van der Waals surface area contributed by atoms with Gasteiger partial charge in [0.1, 0.15) is 22.3 Å². The fourth-order valence-corrected chi connectivity index (χ4v) is 5.12. The van der Waals surface area contributed by atoms with Gasteiger partial charge in [-0.25, -0.2) is 0 Å². The highest BCUT2D eigenvalue weighted by Gasteiger charge is 2.16. The van der Waals surface area contributed by atoms with E-state index in [0.29, 0.717) is 0 Å². The Bertz CT molecular complexity index is 1470. The number of furan rings is 2. The molecule has 0 unspecified atom stereocenters. The van der Waals surface area contributed by atoms with Crippen LogP contribution in [0.2, 0.25) is 0 Å². The van der Waals surface area contributed by atoms with E-state index in [9.17, 15) is 0 Å². The Labute approximate surface area is 187 Å². The highest BCUT2D eigenvalue weighted by Crippen LogP contribution is 2.40. The molecule has 0 saturated heterocycles. The van der Waals surface area contributed by atoms with Crippen LogP contribution in [0.3, 0.4) is 0 Å². The summed E-state index contributed by atoms with van der Waals surface area (Å²) in [5.74, 6) is 0. The van der Waals surface area contributed by atoms with E-state index in [2.05, 4.69) is 74.5 Å². The lowest BCUT2D eigenvalue weighted by atomic mass is 9.98. The molecule has 0 radical (unpaired) electrons. The van der Waals surface area contributed by atoms with Crippen molar-refractivity contribution in [1.29, 1.82) is 0 Å². The number of benzene rings is 4. The Balaban J connectivity index is 1.58. The van der Waals surface area contributed by atoms with Gasteiger partial charge < -0.3 is 8.83 Å². The van der Waals surface area contributed by atoms with Crippen LogP contribution in [-0.2, 0) is 12.8 Å². The van der Waals surface area contributed by atoms with E-state index in [1.807, 2.05) is 0 Å². The third-order valence-electron chi connectivity index (χ3n) is 6.83. The molecule has 0 bridgehead atoms. The third-order valence-corrected chi connectivity index (χ3v) is 6.83. The van der Waals surface area contributed by atoms with E-state index < -0.39 is 0 Å². The lowest BCUT2D eigenvalue weighted by Crippen LogP contribution is -1.83. The summed E-state index contributed by atoms with van der Waals surface area (Å²) in [4.78, 5) is 0. The van der Waals surface area contributed by atoms with E-state index in [-0.39, 0.29) is 0 Å². The molecule has 0 aliphatic heterocycles. The van der Waals surface area contributed by atoms with Crippen LogP contribution in [0.25, 0.3) is 54.6 Å². The van der Waals surface area contributed by atoms with Crippen LogP contribution in [-0.4, -0.2) is 0 Å². The van der Waals surface area contributed by atoms with E-state index in [0.717, 1.165) is 35.2 Å². The molecule has 0 aliphatic rings. The van der Waals surface area contributed by atoms with Crippen molar-refractivity contribution in [2.24, 2.45) is 0 Å². The zero-order valence-corrected chi connectivity index (χ0v) is 18.8. The minimum atomic E-state index is 0.953. The summed E-state index contributed by atoms with van der Waals surface area (Å²) in [5.41, 5.74) is 6.58. The molecule has 2 aromatic heterocycles. The summed E-state index contributed by atoms with van der Waals surface area (Å²) in [6.07, 6.45) is 7.04. The van der Waals surface area contributed by atoms with Crippen molar-refractivity contribution >= 4 is 54.6 Å². The number of hydrogen-bond acceptors (Lipinski definition) is 2. The number of hydrogen-bond donors (Lipinski definition) is 0. The highest BCUT2D eigenvalue weighted by atomic mass is 16.3. The highest BCUT2D eigenvalue weighted by molar-refractivity contribution is 6.27.